The number of likely N-dealkylation sites (tertiary alicyclic amines) is 1. The lowest BCUT2D eigenvalue weighted by molar-refractivity contribution is -0.132. The van der Waals surface area contributed by atoms with Gasteiger partial charge < -0.3 is 9.80 Å². The van der Waals surface area contributed by atoms with E-state index in [1.165, 1.54) is 10.6 Å². The number of sulfonamides is 1. The molecule has 2 amide bonds. The average Bonchev–Trinajstić information content (AvgIpc) is 3.06. The highest BCUT2D eigenvalue weighted by molar-refractivity contribution is 9.10. The van der Waals surface area contributed by atoms with E-state index in [1.54, 1.807) is 9.80 Å². The fourth-order valence-electron chi connectivity index (χ4n) is 4.44. The molecule has 0 N–H and O–H groups in total. The second-order valence-electron chi connectivity index (χ2n) is 8.35. The van der Waals surface area contributed by atoms with E-state index in [4.69, 9.17) is 0 Å². The minimum Gasteiger partial charge on any atom is -0.333 e. The van der Waals surface area contributed by atoms with E-state index < -0.39 is 16.1 Å². The number of hydrogen-bond acceptors (Lipinski definition) is 4. The molecule has 2 aromatic carbocycles. The maximum Gasteiger partial charge on any atom is 0.246 e. The van der Waals surface area contributed by atoms with Crippen LogP contribution in [0.5, 0.6) is 0 Å². The van der Waals surface area contributed by atoms with Crippen molar-refractivity contribution in [1.82, 2.24) is 9.21 Å². The molecule has 2 aliphatic heterocycles. The summed E-state index contributed by atoms with van der Waals surface area (Å²) in [5.74, 6) is -0.208. The molecule has 9 heteroatoms. The van der Waals surface area contributed by atoms with Crippen LogP contribution in [0, 0.1) is 0 Å². The van der Waals surface area contributed by atoms with Crippen molar-refractivity contribution in [3.63, 3.8) is 0 Å². The highest BCUT2D eigenvalue weighted by Gasteiger charge is 2.36. The summed E-state index contributed by atoms with van der Waals surface area (Å²) in [6.45, 7) is 0.981. The lowest BCUT2D eigenvalue weighted by Crippen LogP contribution is -2.49. The summed E-state index contributed by atoms with van der Waals surface area (Å²) in [5.41, 5.74) is 2.44. The van der Waals surface area contributed by atoms with Crippen molar-refractivity contribution in [2.45, 2.75) is 31.8 Å². The molecule has 2 heterocycles. The van der Waals surface area contributed by atoms with Crippen molar-refractivity contribution in [3.05, 3.63) is 64.1 Å². The zero-order valence-corrected chi connectivity index (χ0v) is 20.3. The van der Waals surface area contributed by atoms with Crippen LogP contribution in [0.4, 0.5) is 5.69 Å². The molecule has 1 atom stereocenters. The molecule has 0 spiro atoms. The minimum atomic E-state index is -3.54. The number of carbonyl (C=O) groups is 2. The fourth-order valence-corrected chi connectivity index (χ4v) is 5.90. The van der Waals surface area contributed by atoms with Crippen LogP contribution in [0.15, 0.2) is 53.0 Å². The van der Waals surface area contributed by atoms with Gasteiger partial charge in [-0.15, -0.1) is 0 Å². The molecule has 1 saturated heterocycles. The second-order valence-corrected chi connectivity index (χ2v) is 11.2. The molecular formula is C23H26BrN3O4S. The molecule has 0 aromatic heterocycles. The first-order valence-electron chi connectivity index (χ1n) is 10.6. The van der Waals surface area contributed by atoms with Crippen molar-refractivity contribution in [3.8, 4) is 0 Å². The lowest BCUT2D eigenvalue weighted by atomic mass is 10.1. The molecule has 170 valence electrons. The molecule has 0 unspecified atom stereocenters. The predicted octanol–water partition coefficient (Wildman–Crippen LogP) is 2.79. The number of rotatable bonds is 5. The molecule has 1 fully saturated rings. The second kappa shape index (κ2) is 9.33. The number of carbonyl (C=O) groups excluding carboxylic acids is 2. The number of hydrogen-bond donors (Lipinski definition) is 0. The maximum absolute atomic E-state index is 13.4. The maximum atomic E-state index is 13.4. The molecule has 0 radical (unpaired) electrons. The Morgan fingerprint density at radius 3 is 2.56 bits per heavy atom. The first-order chi connectivity index (χ1) is 15.2. The van der Waals surface area contributed by atoms with Gasteiger partial charge in [-0.05, 0) is 42.2 Å². The van der Waals surface area contributed by atoms with Gasteiger partial charge in [-0.3, -0.25) is 9.59 Å². The SMILES string of the molecule is CS(=O)(=O)N1Cc2cc(Br)ccc2N(C(=O)CN2CCCC2=O)C[C@H]1Cc1ccccc1. The third-order valence-electron chi connectivity index (χ3n) is 6.00. The van der Waals surface area contributed by atoms with E-state index in [1.807, 2.05) is 48.5 Å². The quantitative estimate of drug-likeness (QED) is 0.608. The number of anilines is 1. The summed E-state index contributed by atoms with van der Waals surface area (Å²) in [6, 6.07) is 14.8. The Morgan fingerprint density at radius 1 is 1.16 bits per heavy atom. The van der Waals surface area contributed by atoms with E-state index >= 15 is 0 Å². The number of benzene rings is 2. The van der Waals surface area contributed by atoms with Crippen molar-refractivity contribution in [1.29, 1.82) is 0 Å². The van der Waals surface area contributed by atoms with Crippen molar-refractivity contribution in [2.24, 2.45) is 0 Å². The molecule has 4 rings (SSSR count). The average molecular weight is 520 g/mol. The van der Waals surface area contributed by atoms with E-state index in [0.29, 0.717) is 25.1 Å². The zero-order valence-electron chi connectivity index (χ0n) is 17.9. The summed E-state index contributed by atoms with van der Waals surface area (Å²) < 4.78 is 27.9. The Labute approximate surface area is 197 Å². The van der Waals surface area contributed by atoms with E-state index in [0.717, 1.165) is 22.0 Å². The molecule has 7 nitrogen and oxygen atoms in total. The van der Waals surface area contributed by atoms with Crippen LogP contribution < -0.4 is 4.90 Å². The van der Waals surface area contributed by atoms with Crippen molar-refractivity contribution < 1.29 is 18.0 Å². The van der Waals surface area contributed by atoms with Crippen LogP contribution in [-0.4, -0.2) is 61.4 Å². The summed E-state index contributed by atoms with van der Waals surface area (Å²) in [6.07, 6.45) is 2.92. The van der Waals surface area contributed by atoms with Crippen LogP contribution in [0.3, 0.4) is 0 Å². The van der Waals surface area contributed by atoms with Crippen LogP contribution in [0.2, 0.25) is 0 Å². The minimum absolute atomic E-state index is 0.00523. The molecule has 0 aliphatic carbocycles. The largest absolute Gasteiger partial charge is 0.333 e. The third-order valence-corrected chi connectivity index (χ3v) is 7.77. The van der Waals surface area contributed by atoms with Gasteiger partial charge in [0.1, 0.15) is 6.54 Å². The molecule has 2 aromatic rings. The van der Waals surface area contributed by atoms with Gasteiger partial charge in [-0.2, -0.15) is 4.31 Å². The van der Waals surface area contributed by atoms with E-state index in [9.17, 15) is 18.0 Å². The molecular weight excluding hydrogens is 494 g/mol. The molecule has 32 heavy (non-hydrogen) atoms. The van der Waals surface area contributed by atoms with Gasteiger partial charge in [-0.1, -0.05) is 46.3 Å². The van der Waals surface area contributed by atoms with Crippen LogP contribution in [-0.2, 0) is 32.6 Å². The van der Waals surface area contributed by atoms with Crippen molar-refractivity contribution in [2.75, 3.05) is 30.8 Å². The van der Waals surface area contributed by atoms with E-state index in [2.05, 4.69) is 15.9 Å². The van der Waals surface area contributed by atoms with Gasteiger partial charge in [-0.25, -0.2) is 8.42 Å². The van der Waals surface area contributed by atoms with E-state index in [-0.39, 0.29) is 31.4 Å². The number of amides is 2. The number of halogens is 1. The Morgan fingerprint density at radius 2 is 1.91 bits per heavy atom. The van der Waals surface area contributed by atoms with Crippen LogP contribution in [0.1, 0.15) is 24.0 Å². The van der Waals surface area contributed by atoms with Gasteiger partial charge in [0.2, 0.25) is 21.8 Å². The topological polar surface area (TPSA) is 78.0 Å². The molecule has 0 saturated carbocycles. The Kier molecular flexibility index (Phi) is 6.69. The summed E-state index contributed by atoms with van der Waals surface area (Å²) in [5, 5.41) is 0. The first-order valence-corrected chi connectivity index (χ1v) is 13.2. The highest BCUT2D eigenvalue weighted by atomic mass is 79.9. The third kappa shape index (κ3) is 5.05. The van der Waals surface area contributed by atoms with Gasteiger partial charge in [0.15, 0.2) is 0 Å². The molecule has 2 aliphatic rings. The standard InChI is InChI=1S/C23H26BrN3O4S/c1-32(30,31)27-14-18-13-19(24)9-10-21(18)26(23(29)16-25-11-5-8-22(25)28)15-20(27)12-17-6-3-2-4-7-17/h2-4,6-7,9-10,13,20H,5,8,11-12,14-16H2,1H3/t20-/m1/s1. The Balaban J connectivity index is 1.72. The highest BCUT2D eigenvalue weighted by Crippen LogP contribution is 2.32. The zero-order chi connectivity index (χ0) is 22.9. The first kappa shape index (κ1) is 22.9. The van der Waals surface area contributed by atoms with Crippen LogP contribution >= 0.6 is 15.9 Å². The van der Waals surface area contributed by atoms with Crippen molar-refractivity contribution >= 4 is 43.5 Å². The van der Waals surface area contributed by atoms with Gasteiger partial charge >= 0.3 is 0 Å². The Bertz CT molecular complexity index is 1120. The summed E-state index contributed by atoms with van der Waals surface area (Å²) >= 11 is 3.47. The fraction of sp³-hybridized carbons (Fsp3) is 0.391. The van der Waals surface area contributed by atoms with Crippen LogP contribution in [0.25, 0.3) is 0 Å². The summed E-state index contributed by atoms with van der Waals surface area (Å²) in [7, 11) is -3.54. The smallest absolute Gasteiger partial charge is 0.246 e. The van der Waals surface area contributed by atoms with Gasteiger partial charge in [0.05, 0.1) is 6.26 Å². The number of nitrogens with zero attached hydrogens (tertiary/aromatic N) is 3. The normalized spacial score (nSPS) is 19.7. The predicted molar refractivity (Wildman–Crippen MR) is 127 cm³/mol. The van der Waals surface area contributed by atoms with Gasteiger partial charge in [0, 0.05) is 42.3 Å². The summed E-state index contributed by atoms with van der Waals surface area (Å²) in [4.78, 5) is 28.8. The Hall–Kier alpha value is -2.23. The molecule has 0 bridgehead atoms. The van der Waals surface area contributed by atoms with Gasteiger partial charge in [0.25, 0.3) is 0 Å². The lowest BCUT2D eigenvalue weighted by Gasteiger charge is -2.31. The number of fused-ring (bicyclic) bond motifs is 1. The monoisotopic (exact) mass is 519 g/mol.